The molecule has 0 aliphatic carbocycles. The normalized spacial score (nSPS) is 14.4. The summed E-state index contributed by atoms with van der Waals surface area (Å²) < 4.78 is 1.79. The molecule has 0 aliphatic heterocycles. The molecule has 6 heteroatoms. The van der Waals surface area contributed by atoms with Gasteiger partial charge in [0.2, 0.25) is 0 Å². The summed E-state index contributed by atoms with van der Waals surface area (Å²) >= 11 is 1.59. The van der Waals surface area contributed by atoms with E-state index in [1.807, 2.05) is 46.3 Å². The smallest absolute Gasteiger partial charge is 0.188 e. The van der Waals surface area contributed by atoms with E-state index < -0.39 is 0 Å². The Balaban J connectivity index is 2.26. The summed E-state index contributed by atoms with van der Waals surface area (Å²) in [6, 6.07) is 1.97. The molecule has 0 aliphatic rings. The highest BCUT2D eigenvalue weighted by atomic mass is 32.2. The van der Waals surface area contributed by atoms with Crippen LogP contribution < -0.4 is 5.73 Å². The molecule has 0 radical (unpaired) electrons. The lowest BCUT2D eigenvalue weighted by atomic mass is 10.1. The molecule has 0 fully saturated rings. The topological polar surface area (TPSA) is 69.6 Å². The van der Waals surface area contributed by atoms with Crippen molar-refractivity contribution in [2.24, 2.45) is 12.8 Å². The van der Waals surface area contributed by atoms with Crippen LogP contribution in [0, 0.1) is 13.8 Å². The molecule has 2 atom stereocenters. The maximum Gasteiger partial charge on any atom is 0.188 e. The molecule has 19 heavy (non-hydrogen) atoms. The summed E-state index contributed by atoms with van der Waals surface area (Å²) in [6.07, 6.45) is 3.84. The SMILES string of the molecule is Cc1cc(C)nc(SC(c2cnn(C)c2)C(C)N)n1. The summed E-state index contributed by atoms with van der Waals surface area (Å²) in [5.74, 6) is 0. The average molecular weight is 277 g/mol. The van der Waals surface area contributed by atoms with Crippen LogP contribution in [0.15, 0.2) is 23.6 Å². The maximum absolute atomic E-state index is 6.09. The van der Waals surface area contributed by atoms with Gasteiger partial charge < -0.3 is 5.73 Å². The monoisotopic (exact) mass is 277 g/mol. The molecule has 5 nitrogen and oxygen atoms in total. The average Bonchev–Trinajstić information content (AvgIpc) is 2.70. The molecule has 2 aromatic rings. The van der Waals surface area contributed by atoms with Crippen molar-refractivity contribution < 1.29 is 0 Å². The molecule has 0 bridgehead atoms. The second-order valence-electron chi connectivity index (χ2n) is 4.78. The number of nitrogens with zero attached hydrogens (tertiary/aromatic N) is 4. The Hall–Kier alpha value is -1.40. The molecule has 2 N–H and O–H groups in total. The van der Waals surface area contributed by atoms with Gasteiger partial charge in [-0.05, 0) is 26.8 Å². The molecule has 0 amide bonds. The zero-order chi connectivity index (χ0) is 14.0. The third kappa shape index (κ3) is 3.54. The van der Waals surface area contributed by atoms with Gasteiger partial charge in [-0.25, -0.2) is 9.97 Å². The van der Waals surface area contributed by atoms with Crippen LogP contribution in [0.2, 0.25) is 0 Å². The van der Waals surface area contributed by atoms with Gasteiger partial charge in [0.25, 0.3) is 0 Å². The van der Waals surface area contributed by atoms with Crippen LogP contribution in [-0.4, -0.2) is 25.8 Å². The van der Waals surface area contributed by atoms with Crippen molar-refractivity contribution in [3.05, 3.63) is 35.4 Å². The summed E-state index contributed by atoms with van der Waals surface area (Å²) in [5, 5.41) is 5.08. The van der Waals surface area contributed by atoms with Gasteiger partial charge in [-0.2, -0.15) is 5.10 Å². The Morgan fingerprint density at radius 1 is 1.26 bits per heavy atom. The highest BCUT2D eigenvalue weighted by molar-refractivity contribution is 7.99. The third-order valence-electron chi connectivity index (χ3n) is 2.73. The Morgan fingerprint density at radius 2 is 1.89 bits per heavy atom. The summed E-state index contributed by atoms with van der Waals surface area (Å²) in [6.45, 7) is 5.95. The van der Waals surface area contributed by atoms with Crippen molar-refractivity contribution in [2.75, 3.05) is 0 Å². The van der Waals surface area contributed by atoms with Gasteiger partial charge in [0.15, 0.2) is 5.16 Å². The molecule has 2 aromatic heterocycles. The predicted molar refractivity (Wildman–Crippen MR) is 77.0 cm³/mol. The van der Waals surface area contributed by atoms with Gasteiger partial charge >= 0.3 is 0 Å². The van der Waals surface area contributed by atoms with Gasteiger partial charge in [-0.3, -0.25) is 4.68 Å². The van der Waals surface area contributed by atoms with Gasteiger partial charge in [0.1, 0.15) is 0 Å². The van der Waals surface area contributed by atoms with Crippen LogP contribution in [0.25, 0.3) is 0 Å². The molecule has 0 saturated heterocycles. The van der Waals surface area contributed by atoms with E-state index in [2.05, 4.69) is 15.1 Å². The van der Waals surface area contributed by atoms with E-state index in [9.17, 15) is 0 Å². The van der Waals surface area contributed by atoms with Crippen molar-refractivity contribution >= 4 is 11.8 Å². The first-order chi connectivity index (χ1) is 8.95. The molecule has 102 valence electrons. The molecule has 2 heterocycles. The number of hydrogen-bond acceptors (Lipinski definition) is 5. The molecule has 0 aromatic carbocycles. The largest absolute Gasteiger partial charge is 0.327 e. The fraction of sp³-hybridized carbons (Fsp3) is 0.462. The van der Waals surface area contributed by atoms with Gasteiger partial charge in [-0.1, -0.05) is 11.8 Å². The first-order valence-corrected chi connectivity index (χ1v) is 7.06. The first kappa shape index (κ1) is 14.0. The van der Waals surface area contributed by atoms with Crippen LogP contribution >= 0.6 is 11.8 Å². The van der Waals surface area contributed by atoms with Gasteiger partial charge in [0, 0.05) is 36.2 Å². The van der Waals surface area contributed by atoms with Crippen LogP contribution in [0.5, 0.6) is 0 Å². The van der Waals surface area contributed by atoms with Crippen molar-refractivity contribution in [1.29, 1.82) is 0 Å². The number of rotatable bonds is 4. The summed E-state index contributed by atoms with van der Waals surface area (Å²) in [4.78, 5) is 8.92. The lowest BCUT2D eigenvalue weighted by molar-refractivity contribution is 0.714. The van der Waals surface area contributed by atoms with E-state index in [1.54, 1.807) is 16.4 Å². The second-order valence-corrected chi connectivity index (χ2v) is 5.89. The van der Waals surface area contributed by atoms with Crippen LogP contribution in [-0.2, 0) is 7.05 Å². The lowest BCUT2D eigenvalue weighted by Crippen LogP contribution is -2.22. The van der Waals surface area contributed by atoms with Gasteiger partial charge in [-0.15, -0.1) is 0 Å². The Labute approximate surface area is 117 Å². The van der Waals surface area contributed by atoms with E-state index in [1.165, 1.54) is 0 Å². The van der Waals surface area contributed by atoms with Gasteiger partial charge in [0.05, 0.1) is 11.4 Å². The molecular weight excluding hydrogens is 258 g/mol. The van der Waals surface area contributed by atoms with Crippen LogP contribution in [0.3, 0.4) is 0 Å². The Kier molecular flexibility index (Phi) is 4.21. The van der Waals surface area contributed by atoms with Crippen molar-refractivity contribution in [1.82, 2.24) is 19.7 Å². The minimum Gasteiger partial charge on any atom is -0.327 e. The number of aromatic nitrogens is 4. The van der Waals surface area contributed by atoms with Crippen LogP contribution in [0.1, 0.15) is 29.1 Å². The third-order valence-corrected chi connectivity index (χ3v) is 4.07. The second kappa shape index (κ2) is 5.71. The standard InChI is InChI=1S/C13H19N5S/c1-8-5-9(2)17-13(16-8)19-12(10(3)14)11-6-15-18(4)7-11/h5-7,10,12H,14H2,1-4H3. The number of hydrogen-bond donors (Lipinski definition) is 1. The Morgan fingerprint density at radius 3 is 2.37 bits per heavy atom. The van der Waals surface area contributed by atoms with E-state index in [0.29, 0.717) is 0 Å². The fourth-order valence-corrected chi connectivity index (χ4v) is 3.02. The van der Waals surface area contributed by atoms with E-state index in [4.69, 9.17) is 5.73 Å². The maximum atomic E-state index is 6.09. The zero-order valence-corrected chi connectivity index (χ0v) is 12.5. The molecule has 0 spiro atoms. The number of nitrogens with two attached hydrogens (primary N) is 1. The molecule has 0 saturated carbocycles. The van der Waals surface area contributed by atoms with E-state index >= 15 is 0 Å². The first-order valence-electron chi connectivity index (χ1n) is 6.19. The van der Waals surface area contributed by atoms with E-state index in [-0.39, 0.29) is 11.3 Å². The summed E-state index contributed by atoms with van der Waals surface area (Å²) in [7, 11) is 1.90. The predicted octanol–water partition coefficient (Wildman–Crippen LogP) is 2.01. The molecule has 2 unspecified atom stereocenters. The quantitative estimate of drug-likeness (QED) is 0.684. The van der Waals surface area contributed by atoms with Crippen molar-refractivity contribution in [2.45, 2.75) is 37.2 Å². The summed E-state index contributed by atoms with van der Waals surface area (Å²) in [5.41, 5.74) is 9.14. The lowest BCUT2D eigenvalue weighted by Gasteiger charge is -2.18. The highest BCUT2D eigenvalue weighted by Gasteiger charge is 2.20. The fourth-order valence-electron chi connectivity index (χ4n) is 1.93. The van der Waals surface area contributed by atoms with Crippen molar-refractivity contribution in [3.63, 3.8) is 0 Å². The van der Waals surface area contributed by atoms with E-state index in [0.717, 1.165) is 22.1 Å². The Bertz CT molecular complexity index is 544. The number of aryl methyl sites for hydroxylation is 3. The van der Waals surface area contributed by atoms with Crippen LogP contribution in [0.4, 0.5) is 0 Å². The minimum atomic E-state index is -0.00128. The number of thioether (sulfide) groups is 1. The molecular formula is C13H19N5S. The zero-order valence-electron chi connectivity index (χ0n) is 11.7. The highest BCUT2D eigenvalue weighted by Crippen LogP contribution is 2.35. The minimum absolute atomic E-state index is 0.00128. The molecule has 2 rings (SSSR count). The van der Waals surface area contributed by atoms with Crippen molar-refractivity contribution in [3.8, 4) is 0 Å².